The van der Waals surface area contributed by atoms with Crippen LogP contribution in [0.5, 0.6) is 0 Å². The molecule has 1 aromatic carbocycles. The molecular formula is C28H42. The molecule has 0 nitrogen and oxygen atoms in total. The molecule has 0 spiro atoms. The number of unbranched alkanes of at least 4 members (excludes halogenated alkanes) is 7. The molecule has 0 aliphatic heterocycles. The van der Waals surface area contributed by atoms with Crippen molar-refractivity contribution in [1.29, 1.82) is 0 Å². The second kappa shape index (κ2) is 12.3. The summed E-state index contributed by atoms with van der Waals surface area (Å²) in [6, 6.07) is 10.8. The number of benzene rings is 1. The van der Waals surface area contributed by atoms with Crippen LogP contribution in [0.2, 0.25) is 0 Å². The van der Waals surface area contributed by atoms with Gasteiger partial charge in [-0.25, -0.2) is 0 Å². The van der Waals surface area contributed by atoms with Crippen LogP contribution in [-0.2, 0) is 0 Å². The van der Waals surface area contributed by atoms with E-state index in [1.54, 1.807) is 0 Å². The zero-order chi connectivity index (χ0) is 19.4. The quantitative estimate of drug-likeness (QED) is 0.337. The standard InChI is InChI=1S/C28H42/c1-2-3-4-5-6-7-8-10-13-24-16-18-26(19-17-24)28-22-20-27(21-23-28)25-14-11-9-12-15-25/h9,11-12,14-15,20-22,24,26,28H,2-8,10,13,16-19,23H2,1H3. The highest BCUT2D eigenvalue weighted by Crippen LogP contribution is 2.39. The summed E-state index contributed by atoms with van der Waals surface area (Å²) in [5.41, 5.74) is 2.78. The Morgan fingerprint density at radius 2 is 1.46 bits per heavy atom. The molecule has 0 amide bonds. The minimum Gasteiger partial charge on any atom is -0.0802 e. The fourth-order valence-corrected chi connectivity index (χ4v) is 5.30. The van der Waals surface area contributed by atoms with Gasteiger partial charge in [0.15, 0.2) is 0 Å². The molecule has 2 aliphatic carbocycles. The lowest BCUT2D eigenvalue weighted by molar-refractivity contribution is 0.218. The largest absolute Gasteiger partial charge is 0.0802 e. The van der Waals surface area contributed by atoms with Crippen LogP contribution in [0.4, 0.5) is 0 Å². The van der Waals surface area contributed by atoms with Crippen molar-refractivity contribution in [3.8, 4) is 0 Å². The second-order valence-electron chi connectivity index (χ2n) is 9.33. The van der Waals surface area contributed by atoms with Crippen LogP contribution in [0.25, 0.3) is 5.57 Å². The van der Waals surface area contributed by atoms with Gasteiger partial charge in [0.05, 0.1) is 0 Å². The van der Waals surface area contributed by atoms with Crippen molar-refractivity contribution in [2.75, 3.05) is 0 Å². The van der Waals surface area contributed by atoms with Gasteiger partial charge in [-0.1, -0.05) is 126 Å². The first-order valence-electron chi connectivity index (χ1n) is 12.3. The molecule has 0 radical (unpaired) electrons. The lowest BCUT2D eigenvalue weighted by Crippen LogP contribution is -2.21. The van der Waals surface area contributed by atoms with Gasteiger partial charge in [-0.15, -0.1) is 0 Å². The van der Waals surface area contributed by atoms with E-state index in [0.717, 1.165) is 17.8 Å². The molecule has 28 heavy (non-hydrogen) atoms. The fourth-order valence-electron chi connectivity index (χ4n) is 5.30. The van der Waals surface area contributed by atoms with Crippen LogP contribution < -0.4 is 0 Å². The first kappa shape index (κ1) is 21.4. The lowest BCUT2D eigenvalue weighted by atomic mass is 9.72. The molecule has 0 heterocycles. The Bertz CT molecular complexity index is 586. The maximum atomic E-state index is 2.52. The topological polar surface area (TPSA) is 0 Å². The van der Waals surface area contributed by atoms with E-state index in [-0.39, 0.29) is 0 Å². The SMILES string of the molecule is CCCCCCCCCCC1CCC(C2C=CC(c3ccccc3)=CC2)CC1. The molecule has 154 valence electrons. The molecule has 1 fully saturated rings. The first-order valence-corrected chi connectivity index (χ1v) is 12.3. The summed E-state index contributed by atoms with van der Waals surface area (Å²) < 4.78 is 0. The zero-order valence-electron chi connectivity index (χ0n) is 18.3. The van der Waals surface area contributed by atoms with Crippen molar-refractivity contribution in [3.05, 3.63) is 54.1 Å². The molecule has 0 bridgehead atoms. The predicted octanol–water partition coefficient (Wildman–Crippen LogP) is 8.98. The Kier molecular flexibility index (Phi) is 9.41. The van der Waals surface area contributed by atoms with E-state index in [9.17, 15) is 0 Å². The summed E-state index contributed by atoms with van der Waals surface area (Å²) >= 11 is 0. The summed E-state index contributed by atoms with van der Waals surface area (Å²) in [7, 11) is 0. The van der Waals surface area contributed by atoms with Crippen LogP contribution >= 0.6 is 0 Å². The maximum Gasteiger partial charge on any atom is -0.0167 e. The van der Waals surface area contributed by atoms with Gasteiger partial charge < -0.3 is 0 Å². The van der Waals surface area contributed by atoms with E-state index in [4.69, 9.17) is 0 Å². The number of hydrogen-bond acceptors (Lipinski definition) is 0. The molecule has 1 unspecified atom stereocenters. The molecule has 0 heteroatoms. The van der Waals surface area contributed by atoms with Crippen molar-refractivity contribution in [3.63, 3.8) is 0 Å². The van der Waals surface area contributed by atoms with Gasteiger partial charge in [-0.2, -0.15) is 0 Å². The Morgan fingerprint density at radius 1 is 0.786 bits per heavy atom. The van der Waals surface area contributed by atoms with Gasteiger partial charge in [-0.05, 0) is 48.2 Å². The number of allylic oxidation sites excluding steroid dienone is 4. The highest BCUT2D eigenvalue weighted by Gasteiger charge is 2.26. The zero-order valence-corrected chi connectivity index (χ0v) is 18.3. The molecular weight excluding hydrogens is 336 g/mol. The van der Waals surface area contributed by atoms with Crippen molar-refractivity contribution >= 4 is 5.57 Å². The Hall–Kier alpha value is -1.30. The lowest BCUT2D eigenvalue weighted by Gasteiger charge is -2.33. The average molecular weight is 379 g/mol. The second-order valence-corrected chi connectivity index (χ2v) is 9.33. The van der Waals surface area contributed by atoms with Crippen LogP contribution in [0, 0.1) is 17.8 Å². The van der Waals surface area contributed by atoms with Gasteiger partial charge in [0.25, 0.3) is 0 Å². The predicted molar refractivity (Wildman–Crippen MR) is 124 cm³/mol. The monoisotopic (exact) mass is 378 g/mol. The minimum atomic E-state index is 0.788. The van der Waals surface area contributed by atoms with Crippen molar-refractivity contribution < 1.29 is 0 Å². The van der Waals surface area contributed by atoms with Crippen LogP contribution in [-0.4, -0.2) is 0 Å². The molecule has 1 saturated carbocycles. The third-order valence-corrected chi connectivity index (χ3v) is 7.20. The highest BCUT2D eigenvalue weighted by atomic mass is 14.3. The molecule has 2 aliphatic rings. The molecule has 0 N–H and O–H groups in total. The Balaban J connectivity index is 1.28. The number of hydrogen-bond donors (Lipinski definition) is 0. The first-order chi connectivity index (χ1) is 13.9. The average Bonchev–Trinajstić information content (AvgIpc) is 2.77. The number of rotatable bonds is 11. The third-order valence-electron chi connectivity index (χ3n) is 7.20. The third kappa shape index (κ3) is 6.94. The minimum absolute atomic E-state index is 0.788. The normalized spacial score (nSPS) is 24.9. The van der Waals surface area contributed by atoms with Gasteiger partial charge in [-0.3, -0.25) is 0 Å². The summed E-state index contributed by atoms with van der Waals surface area (Å²) in [5.74, 6) is 2.75. The molecule has 0 saturated heterocycles. The van der Waals surface area contributed by atoms with E-state index in [0.29, 0.717) is 0 Å². The smallest absolute Gasteiger partial charge is 0.0167 e. The summed E-state index contributed by atoms with van der Waals surface area (Å²) in [6.07, 6.45) is 27.7. The van der Waals surface area contributed by atoms with E-state index in [1.165, 1.54) is 101 Å². The van der Waals surface area contributed by atoms with Crippen LogP contribution in [0.15, 0.2) is 48.6 Å². The molecule has 0 aromatic heterocycles. The van der Waals surface area contributed by atoms with Gasteiger partial charge in [0.1, 0.15) is 0 Å². The van der Waals surface area contributed by atoms with Crippen molar-refractivity contribution in [2.45, 2.75) is 96.8 Å². The Labute approximate surface area is 174 Å². The summed E-state index contributed by atoms with van der Waals surface area (Å²) in [4.78, 5) is 0. The van der Waals surface area contributed by atoms with E-state index in [2.05, 4.69) is 55.5 Å². The van der Waals surface area contributed by atoms with Gasteiger partial charge in [0.2, 0.25) is 0 Å². The van der Waals surface area contributed by atoms with E-state index < -0.39 is 0 Å². The summed E-state index contributed by atoms with van der Waals surface area (Å²) in [6.45, 7) is 2.30. The molecule has 1 atom stereocenters. The van der Waals surface area contributed by atoms with Crippen LogP contribution in [0.1, 0.15) is 102 Å². The van der Waals surface area contributed by atoms with E-state index >= 15 is 0 Å². The van der Waals surface area contributed by atoms with Crippen molar-refractivity contribution in [2.24, 2.45) is 17.8 Å². The van der Waals surface area contributed by atoms with Crippen LogP contribution in [0.3, 0.4) is 0 Å². The van der Waals surface area contributed by atoms with Gasteiger partial charge >= 0.3 is 0 Å². The Morgan fingerprint density at radius 3 is 2.11 bits per heavy atom. The molecule has 1 aromatic rings. The van der Waals surface area contributed by atoms with Gasteiger partial charge in [0, 0.05) is 0 Å². The fraction of sp³-hybridized carbons (Fsp3) is 0.643. The maximum absolute atomic E-state index is 2.52. The van der Waals surface area contributed by atoms with Crippen molar-refractivity contribution in [1.82, 2.24) is 0 Å². The highest BCUT2D eigenvalue weighted by molar-refractivity contribution is 5.74. The summed E-state index contributed by atoms with van der Waals surface area (Å²) in [5, 5.41) is 0. The van der Waals surface area contributed by atoms with E-state index in [1.807, 2.05) is 0 Å². The molecule has 3 rings (SSSR count).